The van der Waals surface area contributed by atoms with Gasteiger partial charge in [-0.2, -0.15) is 13.2 Å². The standard InChI is InChI=1S/C43H44N4O7.C2HF3O2/c1-50-40-14-7-3-10-30(40)22-42(48)54-28-35-34(29-16-18-33(19-17-29)53-21-9-20-52-27-31-11-4-8-15-41(31)51-2)23-32-25-47(26-39(35)45-32)43(49)38-24-44-36-12-5-6-13-37(36)46-38;3-2(4,5)1(6)7/h3-8,10-19,24,32,39,45H,9,20-23,25-28H2,1-2H3;(H,6,7)/t32-,39-;/m1./s1. The number of aliphatic carboxylic acids is 1. The van der Waals surface area contributed by atoms with Gasteiger partial charge in [-0.1, -0.05) is 60.7 Å². The molecule has 0 saturated carbocycles. The fourth-order valence-electron chi connectivity index (χ4n) is 7.07. The first-order valence-corrected chi connectivity index (χ1v) is 19.4. The molecule has 5 aromatic rings. The first-order valence-electron chi connectivity index (χ1n) is 19.4. The van der Waals surface area contributed by atoms with Gasteiger partial charge in [0.05, 0.1) is 63.7 Å². The number of hydrogen-bond acceptors (Lipinski definition) is 11. The van der Waals surface area contributed by atoms with Crippen molar-refractivity contribution >= 4 is 34.5 Å². The fourth-order valence-corrected chi connectivity index (χ4v) is 7.07. The van der Waals surface area contributed by atoms with Gasteiger partial charge in [-0.05, 0) is 59.5 Å². The van der Waals surface area contributed by atoms with E-state index in [9.17, 15) is 22.8 Å². The molecule has 0 radical (unpaired) electrons. The number of nitrogens with one attached hydrogen (secondary N) is 1. The number of piperazine rings is 1. The lowest BCUT2D eigenvalue weighted by Crippen LogP contribution is -2.61. The Hall–Kier alpha value is -6.52. The Morgan fingerprint density at radius 3 is 2.15 bits per heavy atom. The topological polar surface area (TPSA) is 159 Å². The van der Waals surface area contributed by atoms with Crippen LogP contribution in [0.15, 0.2) is 109 Å². The molecule has 2 aliphatic heterocycles. The number of carbonyl (C=O) groups is 3. The van der Waals surface area contributed by atoms with Crippen LogP contribution in [0.1, 0.15) is 40.0 Å². The molecule has 320 valence electrons. The molecular weight excluding hydrogens is 798 g/mol. The number of rotatable bonds is 15. The van der Waals surface area contributed by atoms with Crippen molar-refractivity contribution in [3.63, 3.8) is 0 Å². The lowest BCUT2D eigenvalue weighted by Gasteiger charge is -2.44. The predicted octanol–water partition coefficient (Wildman–Crippen LogP) is 6.69. The number of carboxylic acid groups (broad SMARTS) is 1. The summed E-state index contributed by atoms with van der Waals surface area (Å²) in [4.78, 5) is 46.8. The maximum absolute atomic E-state index is 13.8. The second-order valence-corrected chi connectivity index (χ2v) is 14.1. The van der Waals surface area contributed by atoms with Crippen LogP contribution in [0.5, 0.6) is 17.2 Å². The lowest BCUT2D eigenvalue weighted by molar-refractivity contribution is -0.192. The van der Waals surface area contributed by atoms with Crippen molar-refractivity contribution < 1.29 is 56.3 Å². The minimum atomic E-state index is -5.08. The molecular formula is C45H45F3N4O9. The molecule has 0 spiro atoms. The number of benzene rings is 4. The summed E-state index contributed by atoms with van der Waals surface area (Å²) < 4.78 is 60.4. The third-order valence-electron chi connectivity index (χ3n) is 10.0. The van der Waals surface area contributed by atoms with E-state index in [1.165, 1.54) is 0 Å². The van der Waals surface area contributed by atoms with Gasteiger partial charge in [-0.25, -0.2) is 9.78 Å². The van der Waals surface area contributed by atoms with E-state index in [0.717, 1.165) is 51.3 Å². The van der Waals surface area contributed by atoms with E-state index in [0.29, 0.717) is 56.3 Å². The monoisotopic (exact) mass is 842 g/mol. The fraction of sp³-hybridized carbons (Fsp3) is 0.311. The van der Waals surface area contributed by atoms with Gasteiger partial charge < -0.3 is 39.0 Å². The van der Waals surface area contributed by atoms with Gasteiger partial charge in [-0.15, -0.1) is 0 Å². The Balaban J connectivity index is 0.000000819. The molecule has 0 unspecified atom stereocenters. The van der Waals surface area contributed by atoms with Gasteiger partial charge in [-0.3, -0.25) is 14.6 Å². The third kappa shape index (κ3) is 11.8. The van der Waals surface area contributed by atoms with Crippen molar-refractivity contribution in [2.75, 3.05) is 47.1 Å². The average molecular weight is 843 g/mol. The zero-order valence-electron chi connectivity index (χ0n) is 33.5. The van der Waals surface area contributed by atoms with Crippen molar-refractivity contribution in [3.8, 4) is 17.2 Å². The van der Waals surface area contributed by atoms with Crippen LogP contribution in [0.2, 0.25) is 0 Å². The smallest absolute Gasteiger partial charge is 0.490 e. The molecule has 2 aliphatic rings. The van der Waals surface area contributed by atoms with Gasteiger partial charge >= 0.3 is 18.1 Å². The molecule has 1 saturated heterocycles. The maximum atomic E-state index is 13.8. The van der Waals surface area contributed by atoms with Crippen molar-refractivity contribution in [2.24, 2.45) is 0 Å². The van der Waals surface area contributed by atoms with E-state index < -0.39 is 12.1 Å². The van der Waals surface area contributed by atoms with Crippen molar-refractivity contribution in [2.45, 2.75) is 44.1 Å². The second kappa shape index (κ2) is 20.6. The highest BCUT2D eigenvalue weighted by atomic mass is 19.4. The van der Waals surface area contributed by atoms with Crippen molar-refractivity contribution in [1.82, 2.24) is 20.2 Å². The number of carboxylic acids is 1. The first-order chi connectivity index (χ1) is 29.4. The number of ether oxygens (including phenoxy) is 5. The largest absolute Gasteiger partial charge is 0.496 e. The third-order valence-corrected chi connectivity index (χ3v) is 10.0. The Bertz CT molecular complexity index is 2340. The number of halogens is 3. The molecule has 1 aromatic heterocycles. The number of nitrogens with zero attached hydrogens (tertiary/aromatic N) is 3. The Labute approximate surface area is 350 Å². The highest BCUT2D eigenvalue weighted by Gasteiger charge is 2.39. The maximum Gasteiger partial charge on any atom is 0.490 e. The van der Waals surface area contributed by atoms with Gasteiger partial charge in [0.15, 0.2) is 0 Å². The van der Waals surface area contributed by atoms with E-state index >= 15 is 0 Å². The Morgan fingerprint density at radius 2 is 1.46 bits per heavy atom. The molecule has 13 nitrogen and oxygen atoms in total. The molecule has 2 atom stereocenters. The molecule has 3 heterocycles. The van der Waals surface area contributed by atoms with Crippen LogP contribution >= 0.6 is 0 Å². The summed E-state index contributed by atoms with van der Waals surface area (Å²) in [5.74, 6) is -1.08. The van der Waals surface area contributed by atoms with Crippen molar-refractivity contribution in [3.05, 3.63) is 131 Å². The normalized spacial score (nSPS) is 16.0. The summed E-state index contributed by atoms with van der Waals surface area (Å²) in [5, 5.41) is 10.8. The van der Waals surface area contributed by atoms with Gasteiger partial charge in [0.25, 0.3) is 5.91 Å². The summed E-state index contributed by atoms with van der Waals surface area (Å²) in [5.41, 5.74) is 6.54. The number of aromatic nitrogens is 2. The molecule has 2 bridgehead atoms. The summed E-state index contributed by atoms with van der Waals surface area (Å²) in [6.45, 7) is 2.54. The molecule has 1 fully saturated rings. The number of alkyl halides is 3. The molecule has 0 aliphatic carbocycles. The van der Waals surface area contributed by atoms with Crippen molar-refractivity contribution in [1.29, 1.82) is 0 Å². The van der Waals surface area contributed by atoms with Crippen LogP contribution in [0.25, 0.3) is 16.6 Å². The number of fused-ring (bicyclic) bond motifs is 3. The van der Waals surface area contributed by atoms with Gasteiger partial charge in [0.1, 0.15) is 29.5 Å². The highest BCUT2D eigenvalue weighted by molar-refractivity contribution is 5.94. The number of methoxy groups -OCH3 is 2. The molecule has 7 rings (SSSR count). The molecule has 16 heteroatoms. The number of carbonyl (C=O) groups excluding carboxylic acids is 2. The average Bonchev–Trinajstić information content (AvgIpc) is 3.27. The van der Waals surface area contributed by atoms with E-state index in [1.807, 2.05) is 102 Å². The molecule has 1 amide bonds. The van der Waals surface area contributed by atoms with Crippen LogP contribution in [0, 0.1) is 0 Å². The Morgan fingerprint density at radius 1 is 0.820 bits per heavy atom. The van der Waals surface area contributed by atoms with Crippen LogP contribution in [0.3, 0.4) is 0 Å². The zero-order valence-corrected chi connectivity index (χ0v) is 33.5. The molecule has 4 aromatic carbocycles. The van der Waals surface area contributed by atoms with E-state index in [1.54, 1.807) is 20.4 Å². The van der Waals surface area contributed by atoms with Crippen LogP contribution in [-0.2, 0) is 32.1 Å². The van der Waals surface area contributed by atoms with Gasteiger partial charge in [0, 0.05) is 36.7 Å². The lowest BCUT2D eigenvalue weighted by atomic mass is 9.83. The van der Waals surface area contributed by atoms with Crippen LogP contribution in [0.4, 0.5) is 13.2 Å². The number of para-hydroxylation sites is 4. The van der Waals surface area contributed by atoms with E-state index in [-0.39, 0.29) is 37.0 Å². The number of amides is 1. The molecule has 61 heavy (non-hydrogen) atoms. The summed E-state index contributed by atoms with van der Waals surface area (Å²) in [6, 6.07) is 30.6. The van der Waals surface area contributed by atoms with Gasteiger partial charge in [0.2, 0.25) is 0 Å². The van der Waals surface area contributed by atoms with Crippen LogP contribution in [-0.4, -0.2) is 103 Å². The highest BCUT2D eigenvalue weighted by Crippen LogP contribution is 2.34. The minimum absolute atomic E-state index is 0.00377. The second-order valence-electron chi connectivity index (χ2n) is 14.1. The summed E-state index contributed by atoms with van der Waals surface area (Å²) >= 11 is 0. The SMILES string of the molecule is COc1ccccc1COCCCOc1ccc(C2=C(COC(=O)Cc3ccccc3OC)[C@H]3CN(C(=O)c4cnc5ccccc5n4)C[C@@H](C2)N3)cc1.O=C(O)C(F)(F)F. The number of hydrogen-bond donors (Lipinski definition) is 2. The van der Waals surface area contributed by atoms with E-state index in [2.05, 4.69) is 15.3 Å². The predicted molar refractivity (Wildman–Crippen MR) is 218 cm³/mol. The number of esters is 1. The summed E-state index contributed by atoms with van der Waals surface area (Å²) in [7, 11) is 3.24. The molecule has 2 N–H and O–H groups in total. The van der Waals surface area contributed by atoms with Crippen LogP contribution < -0.4 is 19.5 Å². The summed E-state index contributed by atoms with van der Waals surface area (Å²) in [6.07, 6.45) is -2.08. The zero-order chi connectivity index (χ0) is 43.4. The Kier molecular flexibility index (Phi) is 14.9. The minimum Gasteiger partial charge on any atom is -0.496 e. The van der Waals surface area contributed by atoms with E-state index in [4.69, 9.17) is 33.6 Å². The quantitative estimate of drug-likeness (QED) is 0.0851. The first kappa shape index (κ1) is 44.0.